The SMILES string of the molecule is CCNC(=NCc1scnc1C)N1CCC(COCc2ccccc2)C1.I. The highest BCUT2D eigenvalue weighted by Crippen LogP contribution is 2.18. The summed E-state index contributed by atoms with van der Waals surface area (Å²) in [5, 5.41) is 3.43. The standard InChI is InChI=1S/C20H28N4OS.HI/c1-3-21-20(22-11-19-16(2)23-15-26-19)24-10-9-18(12-24)14-25-13-17-7-5-4-6-8-17;/h4-8,15,18H,3,9-14H2,1-2H3,(H,21,22);1H. The Morgan fingerprint density at radius 2 is 2.19 bits per heavy atom. The number of hydrogen-bond acceptors (Lipinski definition) is 4. The number of aliphatic imine (C=N–C) groups is 1. The number of ether oxygens (including phenoxy) is 1. The van der Waals surface area contributed by atoms with Crippen LogP contribution in [-0.4, -0.2) is 42.1 Å². The molecule has 7 heteroatoms. The van der Waals surface area contributed by atoms with E-state index >= 15 is 0 Å². The number of halogens is 1. The minimum absolute atomic E-state index is 0. The maximum absolute atomic E-state index is 5.93. The van der Waals surface area contributed by atoms with Gasteiger partial charge in [0.2, 0.25) is 0 Å². The number of nitrogens with one attached hydrogen (secondary N) is 1. The van der Waals surface area contributed by atoms with Crippen LogP contribution in [0.5, 0.6) is 0 Å². The first-order chi connectivity index (χ1) is 12.8. The summed E-state index contributed by atoms with van der Waals surface area (Å²) in [5.41, 5.74) is 4.21. The molecule has 1 aromatic heterocycles. The minimum Gasteiger partial charge on any atom is -0.376 e. The molecule has 0 aliphatic carbocycles. The first kappa shape index (κ1) is 22.1. The molecule has 1 unspecified atom stereocenters. The summed E-state index contributed by atoms with van der Waals surface area (Å²) in [6.07, 6.45) is 1.15. The molecular formula is C20H29IN4OS. The summed E-state index contributed by atoms with van der Waals surface area (Å²) >= 11 is 1.68. The van der Waals surface area contributed by atoms with Crippen LogP contribution in [0, 0.1) is 12.8 Å². The van der Waals surface area contributed by atoms with Gasteiger partial charge in [-0.05, 0) is 25.8 Å². The monoisotopic (exact) mass is 500 g/mol. The van der Waals surface area contributed by atoms with Crippen molar-refractivity contribution in [3.63, 3.8) is 0 Å². The zero-order valence-electron chi connectivity index (χ0n) is 16.1. The molecule has 5 nitrogen and oxygen atoms in total. The van der Waals surface area contributed by atoms with Crippen LogP contribution in [-0.2, 0) is 17.9 Å². The van der Waals surface area contributed by atoms with Crippen molar-refractivity contribution in [1.29, 1.82) is 0 Å². The molecule has 0 amide bonds. The first-order valence-corrected chi connectivity index (χ1v) is 10.2. The third kappa shape index (κ3) is 6.73. The number of hydrogen-bond donors (Lipinski definition) is 1. The summed E-state index contributed by atoms with van der Waals surface area (Å²) in [6.45, 7) is 9.27. The van der Waals surface area contributed by atoms with Crippen LogP contribution < -0.4 is 5.32 Å². The maximum atomic E-state index is 5.93. The van der Waals surface area contributed by atoms with Crippen molar-refractivity contribution in [2.24, 2.45) is 10.9 Å². The van der Waals surface area contributed by atoms with Crippen LogP contribution in [0.25, 0.3) is 0 Å². The topological polar surface area (TPSA) is 49.8 Å². The van der Waals surface area contributed by atoms with E-state index in [1.165, 1.54) is 10.4 Å². The highest BCUT2D eigenvalue weighted by molar-refractivity contribution is 14.0. The molecular weight excluding hydrogens is 471 g/mol. The van der Waals surface area contributed by atoms with Crippen molar-refractivity contribution in [2.75, 3.05) is 26.2 Å². The van der Waals surface area contributed by atoms with Crippen LogP contribution in [0.1, 0.15) is 29.5 Å². The number of rotatable bonds is 7. The van der Waals surface area contributed by atoms with Crippen molar-refractivity contribution >= 4 is 41.3 Å². The lowest BCUT2D eigenvalue weighted by atomic mass is 10.1. The van der Waals surface area contributed by atoms with Gasteiger partial charge in [0.1, 0.15) is 0 Å². The van der Waals surface area contributed by atoms with E-state index < -0.39 is 0 Å². The van der Waals surface area contributed by atoms with Gasteiger partial charge in [-0.15, -0.1) is 35.3 Å². The van der Waals surface area contributed by atoms with Gasteiger partial charge >= 0.3 is 0 Å². The van der Waals surface area contributed by atoms with Crippen LogP contribution in [0.2, 0.25) is 0 Å². The summed E-state index contributed by atoms with van der Waals surface area (Å²) in [7, 11) is 0. The smallest absolute Gasteiger partial charge is 0.194 e. The Morgan fingerprint density at radius 3 is 2.89 bits per heavy atom. The molecule has 1 atom stereocenters. The fourth-order valence-electron chi connectivity index (χ4n) is 3.13. The van der Waals surface area contributed by atoms with E-state index in [0.717, 1.165) is 44.3 Å². The molecule has 2 aromatic rings. The molecule has 1 fully saturated rings. The maximum Gasteiger partial charge on any atom is 0.194 e. The van der Waals surface area contributed by atoms with Gasteiger partial charge < -0.3 is 15.0 Å². The number of nitrogens with zero attached hydrogens (tertiary/aromatic N) is 3. The highest BCUT2D eigenvalue weighted by atomic mass is 127. The largest absolute Gasteiger partial charge is 0.376 e. The second-order valence-corrected chi connectivity index (χ2v) is 7.57. The van der Waals surface area contributed by atoms with Crippen molar-refractivity contribution in [1.82, 2.24) is 15.2 Å². The molecule has 0 saturated carbocycles. The number of likely N-dealkylation sites (tertiary alicyclic amines) is 1. The Kier molecular flexibility index (Phi) is 9.50. The summed E-state index contributed by atoms with van der Waals surface area (Å²) in [5.74, 6) is 1.57. The van der Waals surface area contributed by atoms with Gasteiger partial charge in [-0.25, -0.2) is 9.98 Å². The van der Waals surface area contributed by atoms with E-state index in [1.807, 2.05) is 18.5 Å². The van der Waals surface area contributed by atoms with E-state index in [1.54, 1.807) is 11.3 Å². The zero-order valence-corrected chi connectivity index (χ0v) is 19.2. The van der Waals surface area contributed by atoms with Gasteiger partial charge in [0.15, 0.2) is 5.96 Å². The molecule has 0 bridgehead atoms. The fourth-order valence-corrected chi connectivity index (χ4v) is 3.83. The molecule has 27 heavy (non-hydrogen) atoms. The summed E-state index contributed by atoms with van der Waals surface area (Å²) in [6, 6.07) is 10.4. The lowest BCUT2D eigenvalue weighted by Gasteiger charge is -2.21. The van der Waals surface area contributed by atoms with E-state index in [-0.39, 0.29) is 24.0 Å². The van der Waals surface area contributed by atoms with Gasteiger partial charge in [-0.2, -0.15) is 0 Å². The molecule has 1 aromatic carbocycles. The van der Waals surface area contributed by atoms with Crippen molar-refractivity contribution in [2.45, 2.75) is 33.4 Å². The second-order valence-electron chi connectivity index (χ2n) is 6.63. The van der Waals surface area contributed by atoms with Crippen molar-refractivity contribution in [3.8, 4) is 0 Å². The number of thiazole rings is 1. The molecule has 0 radical (unpaired) electrons. The normalized spacial score (nSPS) is 17.0. The molecule has 2 heterocycles. The highest BCUT2D eigenvalue weighted by Gasteiger charge is 2.25. The Morgan fingerprint density at radius 1 is 1.37 bits per heavy atom. The first-order valence-electron chi connectivity index (χ1n) is 9.30. The third-order valence-corrected chi connectivity index (χ3v) is 5.52. The van der Waals surface area contributed by atoms with Crippen molar-refractivity contribution in [3.05, 3.63) is 52.0 Å². The Balaban J connectivity index is 0.00000261. The predicted molar refractivity (Wildman–Crippen MR) is 123 cm³/mol. The average molecular weight is 500 g/mol. The van der Waals surface area contributed by atoms with Gasteiger partial charge in [-0.1, -0.05) is 30.3 Å². The van der Waals surface area contributed by atoms with Gasteiger partial charge in [0.05, 0.1) is 31.0 Å². The van der Waals surface area contributed by atoms with Crippen LogP contribution in [0.15, 0.2) is 40.8 Å². The average Bonchev–Trinajstić information content (AvgIpc) is 3.29. The van der Waals surface area contributed by atoms with E-state index in [4.69, 9.17) is 9.73 Å². The summed E-state index contributed by atoms with van der Waals surface area (Å²) < 4.78 is 5.93. The Labute approximate surface area is 183 Å². The summed E-state index contributed by atoms with van der Waals surface area (Å²) in [4.78, 5) is 12.7. The third-order valence-electron chi connectivity index (χ3n) is 4.60. The van der Waals surface area contributed by atoms with Gasteiger partial charge in [0, 0.05) is 30.4 Å². The molecule has 0 spiro atoms. The fraction of sp³-hybridized carbons (Fsp3) is 0.500. The lowest BCUT2D eigenvalue weighted by molar-refractivity contribution is 0.0906. The predicted octanol–water partition coefficient (Wildman–Crippen LogP) is 4.07. The quantitative estimate of drug-likeness (QED) is 0.354. The second kappa shape index (κ2) is 11.6. The molecule has 1 N–H and O–H groups in total. The van der Waals surface area contributed by atoms with Gasteiger partial charge in [-0.3, -0.25) is 0 Å². The van der Waals surface area contributed by atoms with Gasteiger partial charge in [0.25, 0.3) is 0 Å². The minimum atomic E-state index is 0. The Hall–Kier alpha value is -1.19. The number of benzene rings is 1. The molecule has 1 saturated heterocycles. The number of guanidine groups is 1. The van der Waals surface area contributed by atoms with Crippen LogP contribution in [0.4, 0.5) is 0 Å². The van der Waals surface area contributed by atoms with Crippen LogP contribution in [0.3, 0.4) is 0 Å². The number of aromatic nitrogens is 1. The van der Waals surface area contributed by atoms with E-state index in [2.05, 4.69) is 46.4 Å². The van der Waals surface area contributed by atoms with Crippen molar-refractivity contribution < 1.29 is 4.74 Å². The molecule has 1 aliphatic rings. The van der Waals surface area contributed by atoms with E-state index in [9.17, 15) is 0 Å². The lowest BCUT2D eigenvalue weighted by Crippen LogP contribution is -2.40. The Bertz CT molecular complexity index is 707. The van der Waals surface area contributed by atoms with Crippen LogP contribution >= 0.6 is 35.3 Å². The molecule has 1 aliphatic heterocycles. The van der Waals surface area contributed by atoms with E-state index in [0.29, 0.717) is 19.1 Å². The number of aryl methyl sites for hydroxylation is 1. The molecule has 148 valence electrons. The zero-order chi connectivity index (χ0) is 18.2. The molecule has 3 rings (SSSR count).